The number of carbonyl (C=O) groups is 1. The number of carbonyl (C=O) groups excluding carboxylic acids is 1. The minimum atomic E-state index is -4.92. The molecule has 0 aliphatic rings. The predicted molar refractivity (Wildman–Crippen MR) is 120 cm³/mol. The van der Waals surface area contributed by atoms with Crippen molar-refractivity contribution in [3.05, 3.63) is 91.0 Å². The van der Waals surface area contributed by atoms with Crippen LogP contribution in [0.3, 0.4) is 0 Å². The number of Topliss-reactive ketones (excluding diaryl/α,β-unsaturated/α-hetero) is 1. The monoisotopic (exact) mass is 429 g/mol. The van der Waals surface area contributed by atoms with Crippen LogP contribution in [0.15, 0.2) is 91.0 Å². The van der Waals surface area contributed by atoms with E-state index >= 15 is 0 Å². The highest BCUT2D eigenvalue weighted by Crippen LogP contribution is 2.68. The summed E-state index contributed by atoms with van der Waals surface area (Å²) in [5.74, 6) is -1.65. The molecule has 0 amide bonds. The van der Waals surface area contributed by atoms with Crippen molar-refractivity contribution in [2.45, 2.75) is 38.0 Å². The minimum Gasteiger partial charge on any atom is -0.285 e. The fraction of sp³-hybridized carbons (Fsp3) is 0.240. The van der Waals surface area contributed by atoms with Gasteiger partial charge in [0.15, 0.2) is 5.16 Å². The molecule has 0 N–H and O–H groups in total. The summed E-state index contributed by atoms with van der Waals surface area (Å²) in [6.07, 6.45) is -4.32. The molecule has 3 aromatic rings. The van der Waals surface area contributed by atoms with Gasteiger partial charge in [0.1, 0.15) is 23.2 Å². The molecule has 0 fully saturated rings. The molecule has 0 aromatic heterocycles. The van der Waals surface area contributed by atoms with Crippen molar-refractivity contribution >= 4 is 29.0 Å². The molecule has 0 radical (unpaired) electrons. The van der Waals surface area contributed by atoms with E-state index in [0.717, 1.165) is 15.9 Å². The second-order valence-corrected chi connectivity index (χ2v) is 11.4. The number of benzene rings is 3. The fourth-order valence-corrected chi connectivity index (χ4v) is 9.94. The van der Waals surface area contributed by atoms with Crippen molar-refractivity contribution in [2.75, 3.05) is 0 Å². The highest BCUT2D eigenvalue weighted by Gasteiger charge is 2.68. The largest absolute Gasteiger partial charge is 0.454 e. The number of ketones is 1. The van der Waals surface area contributed by atoms with Crippen molar-refractivity contribution in [3.63, 3.8) is 0 Å². The van der Waals surface area contributed by atoms with Crippen molar-refractivity contribution in [1.82, 2.24) is 0 Å². The van der Waals surface area contributed by atoms with Crippen LogP contribution in [-0.2, 0) is 4.79 Å². The summed E-state index contributed by atoms with van der Waals surface area (Å²) in [4.78, 5) is 13.1. The molecule has 0 heterocycles. The number of alkyl halides is 3. The SMILES string of the molecule is CCCC(C)(C(=O)C(F)(F)F)[P+](c1ccccc1)(c1ccccc1)c1ccccc1. The molecule has 0 aliphatic carbocycles. The molecular formula is C25H25F3OP+. The van der Waals surface area contributed by atoms with E-state index in [-0.39, 0.29) is 6.42 Å². The van der Waals surface area contributed by atoms with Crippen LogP contribution in [0.5, 0.6) is 0 Å². The van der Waals surface area contributed by atoms with Gasteiger partial charge in [0.25, 0.3) is 5.78 Å². The van der Waals surface area contributed by atoms with Gasteiger partial charge in [-0.25, -0.2) is 0 Å². The predicted octanol–water partition coefficient (Wildman–Crippen LogP) is 5.67. The molecule has 30 heavy (non-hydrogen) atoms. The quantitative estimate of drug-likeness (QED) is 0.442. The Morgan fingerprint density at radius 1 is 0.733 bits per heavy atom. The highest BCUT2D eigenvalue weighted by molar-refractivity contribution is 7.97. The summed E-state index contributed by atoms with van der Waals surface area (Å²) >= 11 is 0. The molecule has 0 bridgehead atoms. The van der Waals surface area contributed by atoms with Crippen LogP contribution in [0, 0.1) is 0 Å². The van der Waals surface area contributed by atoms with Crippen LogP contribution < -0.4 is 15.9 Å². The van der Waals surface area contributed by atoms with E-state index in [1.54, 1.807) is 0 Å². The average Bonchev–Trinajstić information content (AvgIpc) is 2.75. The van der Waals surface area contributed by atoms with Gasteiger partial charge < -0.3 is 0 Å². The van der Waals surface area contributed by atoms with E-state index in [1.807, 2.05) is 97.9 Å². The van der Waals surface area contributed by atoms with E-state index in [2.05, 4.69) is 0 Å². The molecule has 3 rings (SSSR count). The van der Waals surface area contributed by atoms with Crippen LogP contribution in [-0.4, -0.2) is 17.1 Å². The third kappa shape index (κ3) is 3.70. The summed E-state index contributed by atoms with van der Waals surface area (Å²) in [5, 5.41) is 0.687. The second-order valence-electron chi connectivity index (χ2n) is 7.53. The van der Waals surface area contributed by atoms with E-state index < -0.39 is 24.4 Å². The topological polar surface area (TPSA) is 17.1 Å². The maximum absolute atomic E-state index is 14.0. The zero-order valence-corrected chi connectivity index (χ0v) is 18.0. The lowest BCUT2D eigenvalue weighted by atomic mass is 9.99. The van der Waals surface area contributed by atoms with Crippen LogP contribution in [0.4, 0.5) is 13.2 Å². The molecule has 156 valence electrons. The number of hydrogen-bond donors (Lipinski definition) is 0. The molecule has 0 aliphatic heterocycles. The number of rotatable bonds is 7. The zero-order valence-electron chi connectivity index (χ0n) is 17.1. The number of hydrogen-bond acceptors (Lipinski definition) is 1. The van der Waals surface area contributed by atoms with Crippen LogP contribution >= 0.6 is 7.26 Å². The summed E-state index contributed by atoms with van der Waals surface area (Å²) in [6.45, 7) is 3.35. The third-order valence-corrected chi connectivity index (χ3v) is 10.8. The first-order valence-corrected chi connectivity index (χ1v) is 11.7. The molecule has 1 atom stereocenters. The van der Waals surface area contributed by atoms with Gasteiger partial charge in [-0.1, -0.05) is 67.9 Å². The molecule has 0 saturated carbocycles. The maximum Gasteiger partial charge on any atom is 0.454 e. The van der Waals surface area contributed by atoms with Crippen LogP contribution in [0.2, 0.25) is 0 Å². The average molecular weight is 429 g/mol. The lowest BCUT2D eigenvalue weighted by Gasteiger charge is -2.41. The van der Waals surface area contributed by atoms with Gasteiger partial charge >= 0.3 is 6.18 Å². The molecule has 3 aromatic carbocycles. The van der Waals surface area contributed by atoms with Crippen LogP contribution in [0.25, 0.3) is 0 Å². The summed E-state index contributed by atoms with van der Waals surface area (Å²) < 4.78 is 42.0. The summed E-state index contributed by atoms with van der Waals surface area (Å²) in [5.41, 5.74) is 0. The highest BCUT2D eigenvalue weighted by atomic mass is 31.2. The van der Waals surface area contributed by atoms with Gasteiger partial charge in [0, 0.05) is 0 Å². The van der Waals surface area contributed by atoms with Crippen molar-refractivity contribution in [2.24, 2.45) is 0 Å². The lowest BCUT2D eigenvalue weighted by Crippen LogP contribution is -2.54. The van der Waals surface area contributed by atoms with E-state index in [4.69, 9.17) is 0 Å². The Labute approximate surface area is 176 Å². The van der Waals surface area contributed by atoms with Crippen molar-refractivity contribution in [1.29, 1.82) is 0 Å². The fourth-order valence-electron chi connectivity index (χ4n) is 4.48. The van der Waals surface area contributed by atoms with E-state index in [9.17, 15) is 18.0 Å². The Morgan fingerprint density at radius 3 is 1.33 bits per heavy atom. The molecule has 5 heteroatoms. The molecule has 1 unspecified atom stereocenters. The van der Waals surface area contributed by atoms with Crippen LogP contribution in [0.1, 0.15) is 26.7 Å². The van der Waals surface area contributed by atoms with Gasteiger partial charge in [-0.05, 0) is 49.7 Å². The minimum absolute atomic E-state index is 0.137. The molecule has 0 spiro atoms. The molecule has 1 nitrogen and oxygen atoms in total. The summed E-state index contributed by atoms with van der Waals surface area (Å²) in [7, 11) is -3.01. The zero-order chi connectivity index (χ0) is 21.8. The maximum atomic E-state index is 14.0. The van der Waals surface area contributed by atoms with Crippen molar-refractivity contribution in [3.8, 4) is 0 Å². The Hall–Kier alpha value is -2.45. The van der Waals surface area contributed by atoms with Gasteiger partial charge in [-0.2, -0.15) is 13.2 Å². The van der Waals surface area contributed by atoms with Gasteiger partial charge in [0.2, 0.25) is 0 Å². The first kappa shape index (κ1) is 22.2. The lowest BCUT2D eigenvalue weighted by molar-refractivity contribution is -0.173. The second kappa shape index (κ2) is 8.73. The Balaban J connectivity index is 2.52. The Morgan fingerprint density at radius 2 is 1.07 bits per heavy atom. The van der Waals surface area contributed by atoms with Gasteiger partial charge in [-0.3, -0.25) is 4.79 Å². The Kier molecular flexibility index (Phi) is 6.47. The number of halogens is 3. The molecule has 0 saturated heterocycles. The first-order valence-electron chi connectivity index (χ1n) is 9.96. The Bertz CT molecular complexity index is 875. The van der Waals surface area contributed by atoms with E-state index in [0.29, 0.717) is 6.42 Å². The standard InChI is InChI=1S/C25H25F3OP/c1-3-19-24(2,23(29)25(26,27)28)30(20-13-7-4-8-14-20,21-15-9-5-10-16-21)22-17-11-6-12-18-22/h4-18H,3,19H2,1-2H3/q+1. The first-order chi connectivity index (χ1) is 14.3. The smallest absolute Gasteiger partial charge is 0.285 e. The normalized spacial score (nSPS) is 14.2. The third-order valence-electron chi connectivity index (χ3n) is 5.65. The van der Waals surface area contributed by atoms with Gasteiger partial charge in [0.05, 0.1) is 0 Å². The van der Waals surface area contributed by atoms with E-state index in [1.165, 1.54) is 6.92 Å². The van der Waals surface area contributed by atoms with Crippen molar-refractivity contribution < 1.29 is 18.0 Å². The molecular weight excluding hydrogens is 404 g/mol. The van der Waals surface area contributed by atoms with Gasteiger partial charge in [-0.15, -0.1) is 0 Å². The summed E-state index contributed by atoms with van der Waals surface area (Å²) in [6, 6.07) is 27.7.